The molecule has 0 radical (unpaired) electrons. The van der Waals surface area contributed by atoms with Crippen LogP contribution in [0.5, 0.6) is 0 Å². The molecule has 0 unspecified atom stereocenters. The molecule has 0 saturated carbocycles. The minimum Gasteiger partial charge on any atom is -0.268 e. The summed E-state index contributed by atoms with van der Waals surface area (Å²) in [4.78, 5) is 29.8. The van der Waals surface area contributed by atoms with E-state index < -0.39 is 0 Å². The second-order valence-corrected chi connectivity index (χ2v) is 5.54. The summed E-state index contributed by atoms with van der Waals surface area (Å²) in [5.41, 5.74) is 2.31. The molecule has 0 N–H and O–H groups in total. The second kappa shape index (κ2) is 4.41. The van der Waals surface area contributed by atoms with E-state index >= 15 is 0 Å². The first-order chi connectivity index (χ1) is 9.09. The van der Waals surface area contributed by atoms with E-state index in [0.717, 1.165) is 9.13 Å². The van der Waals surface area contributed by atoms with Crippen LogP contribution < -0.4 is 4.90 Å². The number of rotatable bonds is 1. The highest BCUT2D eigenvalue weighted by Gasteiger charge is 2.37. The van der Waals surface area contributed by atoms with Gasteiger partial charge >= 0.3 is 0 Å². The van der Waals surface area contributed by atoms with Crippen LogP contribution in [0.15, 0.2) is 36.7 Å². The predicted octanol–water partition coefficient (Wildman–Crippen LogP) is 2.80. The standard InChI is InChI=1S/C14H9IN2O2/c1-8-2-3-9(15)6-12(8)17-13(18)10-4-5-16-7-11(10)14(17)19/h2-7H,1H3. The second-order valence-electron chi connectivity index (χ2n) is 4.30. The summed E-state index contributed by atoms with van der Waals surface area (Å²) in [5.74, 6) is -0.592. The van der Waals surface area contributed by atoms with Gasteiger partial charge in [0.05, 0.1) is 16.8 Å². The van der Waals surface area contributed by atoms with Crippen LogP contribution in [0.25, 0.3) is 0 Å². The Hall–Kier alpha value is -1.76. The van der Waals surface area contributed by atoms with Crippen molar-refractivity contribution in [2.45, 2.75) is 6.92 Å². The zero-order valence-corrected chi connectivity index (χ0v) is 12.2. The first-order valence-corrected chi connectivity index (χ1v) is 6.76. The fourth-order valence-electron chi connectivity index (χ4n) is 2.13. The van der Waals surface area contributed by atoms with Crippen molar-refractivity contribution in [3.8, 4) is 0 Å². The normalized spacial score (nSPS) is 13.9. The SMILES string of the molecule is Cc1ccc(I)cc1N1C(=O)c2ccncc2C1=O. The number of carbonyl (C=O) groups excluding carboxylic acids is 2. The number of anilines is 1. The monoisotopic (exact) mass is 364 g/mol. The topological polar surface area (TPSA) is 50.3 Å². The van der Waals surface area contributed by atoms with Crippen molar-refractivity contribution >= 4 is 40.1 Å². The summed E-state index contributed by atoms with van der Waals surface area (Å²) in [7, 11) is 0. The van der Waals surface area contributed by atoms with Gasteiger partial charge in [-0.15, -0.1) is 0 Å². The van der Waals surface area contributed by atoms with E-state index in [1.54, 1.807) is 6.07 Å². The predicted molar refractivity (Wildman–Crippen MR) is 79.3 cm³/mol. The number of hydrogen-bond donors (Lipinski definition) is 0. The minimum atomic E-state index is -0.307. The van der Waals surface area contributed by atoms with Gasteiger partial charge in [-0.3, -0.25) is 14.6 Å². The van der Waals surface area contributed by atoms with Gasteiger partial charge in [0.25, 0.3) is 11.8 Å². The molecule has 0 bridgehead atoms. The quantitative estimate of drug-likeness (QED) is 0.578. The van der Waals surface area contributed by atoms with Gasteiger partial charge in [0.2, 0.25) is 0 Å². The molecule has 94 valence electrons. The van der Waals surface area contributed by atoms with Crippen molar-refractivity contribution in [1.29, 1.82) is 0 Å². The molecule has 5 heteroatoms. The lowest BCUT2D eigenvalue weighted by Crippen LogP contribution is -2.30. The smallest absolute Gasteiger partial charge is 0.267 e. The van der Waals surface area contributed by atoms with Crippen molar-refractivity contribution < 1.29 is 9.59 Å². The molecule has 3 rings (SSSR count). The van der Waals surface area contributed by atoms with Gasteiger partial charge in [0, 0.05) is 16.0 Å². The third kappa shape index (κ3) is 1.85. The summed E-state index contributed by atoms with van der Waals surface area (Å²) in [6.45, 7) is 1.88. The van der Waals surface area contributed by atoms with E-state index in [4.69, 9.17) is 0 Å². The van der Waals surface area contributed by atoms with Crippen molar-refractivity contribution in [3.05, 3.63) is 56.9 Å². The maximum atomic E-state index is 12.3. The first kappa shape index (κ1) is 12.3. The average Bonchev–Trinajstić information content (AvgIpc) is 2.66. The number of aromatic nitrogens is 1. The number of benzene rings is 1. The number of hydrogen-bond acceptors (Lipinski definition) is 3. The number of nitrogens with zero attached hydrogens (tertiary/aromatic N) is 2. The van der Waals surface area contributed by atoms with Gasteiger partial charge in [0.1, 0.15) is 0 Å². The molecule has 0 spiro atoms. The van der Waals surface area contributed by atoms with Crippen LogP contribution >= 0.6 is 22.6 Å². The molecular weight excluding hydrogens is 355 g/mol. The molecule has 1 aromatic heterocycles. The van der Waals surface area contributed by atoms with Crippen LogP contribution in [0.2, 0.25) is 0 Å². The number of imide groups is 1. The number of fused-ring (bicyclic) bond motifs is 1. The molecule has 2 heterocycles. The van der Waals surface area contributed by atoms with Gasteiger partial charge in [0.15, 0.2) is 0 Å². The summed E-state index contributed by atoms with van der Waals surface area (Å²) >= 11 is 2.16. The molecule has 4 nitrogen and oxygen atoms in total. The Kier molecular flexibility index (Phi) is 2.85. The lowest BCUT2D eigenvalue weighted by molar-refractivity contribution is 0.0926. The molecule has 2 amide bonds. The molecular formula is C14H9IN2O2. The molecule has 1 aliphatic heterocycles. The third-order valence-electron chi connectivity index (χ3n) is 3.10. The van der Waals surface area contributed by atoms with Crippen molar-refractivity contribution in [3.63, 3.8) is 0 Å². The van der Waals surface area contributed by atoms with E-state index in [2.05, 4.69) is 27.6 Å². The van der Waals surface area contributed by atoms with Gasteiger partial charge in [-0.2, -0.15) is 0 Å². The van der Waals surface area contributed by atoms with E-state index in [0.29, 0.717) is 16.8 Å². The van der Waals surface area contributed by atoms with Gasteiger partial charge < -0.3 is 0 Å². The van der Waals surface area contributed by atoms with Crippen LogP contribution in [-0.2, 0) is 0 Å². The Balaban J connectivity index is 2.17. The van der Waals surface area contributed by atoms with Crippen molar-refractivity contribution in [2.75, 3.05) is 4.90 Å². The van der Waals surface area contributed by atoms with Crippen LogP contribution in [0.4, 0.5) is 5.69 Å². The molecule has 0 saturated heterocycles. The molecule has 0 aliphatic carbocycles. The highest BCUT2D eigenvalue weighted by molar-refractivity contribution is 14.1. The number of amides is 2. The highest BCUT2D eigenvalue weighted by Crippen LogP contribution is 2.30. The summed E-state index contributed by atoms with van der Waals surface area (Å²) in [6.07, 6.45) is 2.97. The highest BCUT2D eigenvalue weighted by atomic mass is 127. The Morgan fingerprint density at radius 3 is 2.58 bits per heavy atom. The molecule has 2 aromatic rings. The maximum absolute atomic E-state index is 12.3. The number of pyridine rings is 1. The minimum absolute atomic E-state index is 0.285. The Labute approximate surface area is 123 Å². The fourth-order valence-corrected chi connectivity index (χ4v) is 2.60. The van der Waals surface area contributed by atoms with E-state index in [1.165, 1.54) is 17.3 Å². The molecule has 1 aromatic carbocycles. The Morgan fingerprint density at radius 2 is 1.84 bits per heavy atom. The van der Waals surface area contributed by atoms with Crippen molar-refractivity contribution in [2.24, 2.45) is 0 Å². The Bertz CT molecular complexity index is 677. The summed E-state index contributed by atoms with van der Waals surface area (Å²) < 4.78 is 0.980. The van der Waals surface area contributed by atoms with E-state index in [1.807, 2.05) is 25.1 Å². The number of halogens is 1. The number of aryl methyl sites for hydroxylation is 1. The zero-order valence-electron chi connectivity index (χ0n) is 10.1. The first-order valence-electron chi connectivity index (χ1n) is 5.68. The van der Waals surface area contributed by atoms with Gasteiger partial charge in [-0.05, 0) is 53.3 Å². The molecule has 0 atom stereocenters. The molecule has 1 aliphatic rings. The zero-order chi connectivity index (χ0) is 13.6. The van der Waals surface area contributed by atoms with Gasteiger partial charge in [-0.1, -0.05) is 6.07 Å². The maximum Gasteiger partial charge on any atom is 0.267 e. The van der Waals surface area contributed by atoms with Crippen LogP contribution in [0, 0.1) is 10.5 Å². The third-order valence-corrected chi connectivity index (χ3v) is 3.77. The number of carbonyl (C=O) groups is 2. The van der Waals surface area contributed by atoms with Crippen molar-refractivity contribution in [1.82, 2.24) is 4.98 Å². The van der Waals surface area contributed by atoms with Crippen LogP contribution in [0.1, 0.15) is 26.3 Å². The lowest BCUT2D eigenvalue weighted by Gasteiger charge is -2.16. The molecule has 0 fully saturated rings. The van der Waals surface area contributed by atoms with Crippen LogP contribution in [0.3, 0.4) is 0 Å². The average molecular weight is 364 g/mol. The van der Waals surface area contributed by atoms with E-state index in [-0.39, 0.29) is 11.8 Å². The van der Waals surface area contributed by atoms with E-state index in [9.17, 15) is 9.59 Å². The largest absolute Gasteiger partial charge is 0.268 e. The van der Waals surface area contributed by atoms with Crippen LogP contribution in [-0.4, -0.2) is 16.8 Å². The Morgan fingerprint density at radius 1 is 1.11 bits per heavy atom. The lowest BCUT2D eigenvalue weighted by atomic mass is 10.2. The fraction of sp³-hybridized carbons (Fsp3) is 0.0714. The van der Waals surface area contributed by atoms with Gasteiger partial charge in [-0.25, -0.2) is 4.90 Å². The summed E-state index contributed by atoms with van der Waals surface area (Å²) in [5, 5.41) is 0. The summed E-state index contributed by atoms with van der Waals surface area (Å²) in [6, 6.07) is 7.27. The molecule has 19 heavy (non-hydrogen) atoms.